The number of carbonyl (C=O) groups excluding carboxylic acids is 1. The molecule has 158 valence electrons. The molecule has 1 amide bonds. The van der Waals surface area contributed by atoms with E-state index in [1.54, 1.807) is 10.9 Å². The first-order valence-corrected chi connectivity index (χ1v) is 10.8. The predicted octanol–water partition coefficient (Wildman–Crippen LogP) is 3.61. The smallest absolute Gasteiger partial charge is 0.241 e. The molecule has 31 heavy (non-hydrogen) atoms. The van der Waals surface area contributed by atoms with Gasteiger partial charge in [0.25, 0.3) is 0 Å². The first-order chi connectivity index (χ1) is 15.1. The Morgan fingerprint density at radius 3 is 2.84 bits per heavy atom. The van der Waals surface area contributed by atoms with Crippen molar-refractivity contribution in [3.8, 4) is 11.1 Å². The minimum atomic E-state index is -0.0817. The van der Waals surface area contributed by atoms with E-state index in [1.165, 1.54) is 24.1 Å². The van der Waals surface area contributed by atoms with Crippen LogP contribution in [0.5, 0.6) is 0 Å². The number of benzene rings is 1. The molecule has 0 radical (unpaired) electrons. The molecule has 7 heteroatoms. The van der Waals surface area contributed by atoms with E-state index in [-0.39, 0.29) is 12.5 Å². The Hall–Kier alpha value is -3.48. The van der Waals surface area contributed by atoms with E-state index < -0.39 is 0 Å². The maximum atomic E-state index is 12.5. The van der Waals surface area contributed by atoms with Crippen molar-refractivity contribution in [1.82, 2.24) is 29.9 Å². The van der Waals surface area contributed by atoms with E-state index >= 15 is 0 Å². The number of fused-ring (bicyclic) bond motifs is 1. The normalized spacial score (nSPS) is 13.6. The minimum Gasteiger partial charge on any atom is -0.353 e. The van der Waals surface area contributed by atoms with Gasteiger partial charge in [-0.25, -0.2) is 9.67 Å². The Kier molecular flexibility index (Phi) is 5.02. The average Bonchev–Trinajstić information content (AvgIpc) is 3.42. The van der Waals surface area contributed by atoms with E-state index in [0.29, 0.717) is 19.0 Å². The zero-order valence-electron chi connectivity index (χ0n) is 17.9. The van der Waals surface area contributed by atoms with Crippen molar-refractivity contribution < 1.29 is 4.79 Å². The molecule has 7 nitrogen and oxygen atoms in total. The van der Waals surface area contributed by atoms with Gasteiger partial charge in [-0.1, -0.05) is 29.8 Å². The van der Waals surface area contributed by atoms with E-state index in [9.17, 15) is 4.79 Å². The Morgan fingerprint density at radius 2 is 2.03 bits per heavy atom. The number of nitrogens with one attached hydrogen (secondary N) is 1. The largest absolute Gasteiger partial charge is 0.353 e. The fraction of sp³-hybridized carbons (Fsp3) is 0.333. The summed E-state index contributed by atoms with van der Waals surface area (Å²) in [6, 6.07) is 12.5. The van der Waals surface area contributed by atoms with Gasteiger partial charge < -0.3 is 5.32 Å². The summed E-state index contributed by atoms with van der Waals surface area (Å²) in [5, 5.41) is 13.2. The van der Waals surface area contributed by atoms with Crippen molar-refractivity contribution >= 4 is 16.9 Å². The summed E-state index contributed by atoms with van der Waals surface area (Å²) in [5.41, 5.74) is 6.19. The zero-order valence-corrected chi connectivity index (χ0v) is 17.9. The molecule has 3 aromatic heterocycles. The number of hydrogen-bond acceptors (Lipinski definition) is 4. The van der Waals surface area contributed by atoms with Gasteiger partial charge in [-0.05, 0) is 49.9 Å². The van der Waals surface area contributed by atoms with Gasteiger partial charge in [0.1, 0.15) is 6.54 Å². The Labute approximate surface area is 181 Å². The van der Waals surface area contributed by atoms with E-state index in [0.717, 1.165) is 27.9 Å². The minimum absolute atomic E-state index is 0.0817. The molecule has 0 aliphatic heterocycles. The number of hydrogen-bond donors (Lipinski definition) is 1. The van der Waals surface area contributed by atoms with Crippen LogP contribution in [0.25, 0.3) is 22.2 Å². The van der Waals surface area contributed by atoms with Gasteiger partial charge in [0.15, 0.2) is 5.65 Å². The predicted molar refractivity (Wildman–Crippen MR) is 120 cm³/mol. The lowest BCUT2D eigenvalue weighted by atomic mass is 10.0. The molecule has 5 rings (SSSR count). The molecule has 0 atom stereocenters. The highest BCUT2D eigenvalue weighted by molar-refractivity contribution is 5.95. The molecular formula is C24H26N6O. The van der Waals surface area contributed by atoms with Crippen molar-refractivity contribution in [2.75, 3.05) is 6.54 Å². The highest BCUT2D eigenvalue weighted by atomic mass is 16.2. The second kappa shape index (κ2) is 7.98. The highest BCUT2D eigenvalue weighted by Gasteiger charge is 2.25. The Bertz CT molecular complexity index is 1250. The summed E-state index contributed by atoms with van der Waals surface area (Å²) >= 11 is 0. The van der Waals surface area contributed by atoms with Gasteiger partial charge in [0.2, 0.25) is 5.91 Å². The quantitative estimate of drug-likeness (QED) is 0.501. The number of aryl methyl sites for hydroxylation is 2. The van der Waals surface area contributed by atoms with Crippen LogP contribution >= 0.6 is 0 Å². The van der Waals surface area contributed by atoms with Crippen LogP contribution in [0.2, 0.25) is 0 Å². The van der Waals surface area contributed by atoms with Crippen molar-refractivity contribution in [1.29, 1.82) is 0 Å². The lowest BCUT2D eigenvalue weighted by Gasteiger charge is -2.07. The van der Waals surface area contributed by atoms with Crippen LogP contribution < -0.4 is 5.32 Å². The summed E-state index contributed by atoms with van der Waals surface area (Å²) in [6.45, 7) is 5.38. The van der Waals surface area contributed by atoms with Gasteiger partial charge in [0, 0.05) is 30.2 Å². The fourth-order valence-electron chi connectivity index (χ4n) is 4.05. The van der Waals surface area contributed by atoms with E-state index in [1.807, 2.05) is 23.9 Å². The molecule has 0 spiro atoms. The van der Waals surface area contributed by atoms with Crippen LogP contribution in [0, 0.1) is 13.8 Å². The summed E-state index contributed by atoms with van der Waals surface area (Å²) in [4.78, 5) is 17.1. The molecule has 4 aromatic rings. The summed E-state index contributed by atoms with van der Waals surface area (Å²) in [7, 11) is 0. The second-order valence-electron chi connectivity index (χ2n) is 8.30. The molecule has 1 aliphatic carbocycles. The third-order valence-electron chi connectivity index (χ3n) is 5.75. The van der Waals surface area contributed by atoms with Crippen molar-refractivity contribution in [3.63, 3.8) is 0 Å². The molecular weight excluding hydrogens is 388 g/mol. The Balaban J connectivity index is 1.28. The maximum Gasteiger partial charge on any atom is 0.241 e. The maximum absolute atomic E-state index is 12.5. The van der Waals surface area contributed by atoms with Crippen LogP contribution in [-0.2, 0) is 17.9 Å². The summed E-state index contributed by atoms with van der Waals surface area (Å²) < 4.78 is 3.59. The van der Waals surface area contributed by atoms with Gasteiger partial charge in [0.05, 0.1) is 17.9 Å². The molecule has 0 unspecified atom stereocenters. The van der Waals surface area contributed by atoms with Crippen molar-refractivity contribution in [2.45, 2.75) is 45.7 Å². The van der Waals surface area contributed by atoms with Crippen LogP contribution in [0.15, 0.2) is 48.8 Å². The van der Waals surface area contributed by atoms with Gasteiger partial charge in [-0.15, -0.1) is 0 Å². The third kappa shape index (κ3) is 4.08. The lowest BCUT2D eigenvalue weighted by molar-refractivity contribution is -0.121. The number of amides is 1. The molecule has 1 aliphatic rings. The van der Waals surface area contributed by atoms with E-state index in [2.05, 4.69) is 57.8 Å². The fourth-order valence-corrected chi connectivity index (χ4v) is 4.05. The van der Waals surface area contributed by atoms with Gasteiger partial charge in [-0.3, -0.25) is 9.48 Å². The van der Waals surface area contributed by atoms with Gasteiger partial charge >= 0.3 is 0 Å². The molecule has 0 saturated heterocycles. The first kappa shape index (κ1) is 19.5. The van der Waals surface area contributed by atoms with Crippen LogP contribution in [0.1, 0.15) is 35.7 Å². The standard InChI is InChI=1S/C24H26N6O/c1-16-4-3-5-19(14-16)20-8-10-26-24-23(20)17(2)27-30(24)15-22(31)25-11-13-29-12-9-21(28-29)18-6-7-18/h3-5,8-10,12,14,18H,6-7,11,13,15H2,1-2H3,(H,25,31). The molecule has 0 bridgehead atoms. The third-order valence-corrected chi connectivity index (χ3v) is 5.75. The molecule has 1 saturated carbocycles. The zero-order chi connectivity index (χ0) is 21.4. The average molecular weight is 415 g/mol. The molecule has 3 heterocycles. The van der Waals surface area contributed by atoms with E-state index in [4.69, 9.17) is 0 Å². The molecule has 1 fully saturated rings. The SMILES string of the molecule is Cc1cccc(-c2ccnc3c2c(C)nn3CC(=O)NCCn2ccc(C3CC3)n2)c1. The molecule has 1 N–H and O–H groups in total. The number of pyridine rings is 1. The number of rotatable bonds is 7. The number of aromatic nitrogens is 5. The second-order valence-corrected chi connectivity index (χ2v) is 8.30. The lowest BCUT2D eigenvalue weighted by Crippen LogP contribution is -2.31. The van der Waals surface area contributed by atoms with Crippen molar-refractivity contribution in [2.24, 2.45) is 0 Å². The molecule has 1 aromatic carbocycles. The first-order valence-electron chi connectivity index (χ1n) is 10.8. The topological polar surface area (TPSA) is 77.6 Å². The number of nitrogens with zero attached hydrogens (tertiary/aromatic N) is 5. The van der Waals surface area contributed by atoms with Crippen LogP contribution in [0.3, 0.4) is 0 Å². The summed E-state index contributed by atoms with van der Waals surface area (Å²) in [5.74, 6) is 0.561. The highest BCUT2D eigenvalue weighted by Crippen LogP contribution is 2.38. The Morgan fingerprint density at radius 1 is 1.16 bits per heavy atom. The van der Waals surface area contributed by atoms with Gasteiger partial charge in [-0.2, -0.15) is 10.2 Å². The van der Waals surface area contributed by atoms with Crippen LogP contribution in [0.4, 0.5) is 0 Å². The van der Waals surface area contributed by atoms with Crippen molar-refractivity contribution in [3.05, 3.63) is 65.7 Å². The monoisotopic (exact) mass is 414 g/mol. The summed E-state index contributed by atoms with van der Waals surface area (Å²) in [6.07, 6.45) is 6.25. The van der Waals surface area contributed by atoms with Crippen LogP contribution in [-0.4, -0.2) is 37.0 Å². The number of carbonyl (C=O) groups is 1.